The second-order valence-corrected chi connectivity index (χ2v) is 5.76. The van der Waals surface area contributed by atoms with Crippen LogP contribution in [0.4, 0.5) is 0 Å². The number of amides is 1. The quantitative estimate of drug-likeness (QED) is 0.777. The summed E-state index contributed by atoms with van der Waals surface area (Å²) in [7, 11) is 0. The van der Waals surface area contributed by atoms with Crippen LogP contribution in [0.1, 0.15) is 52.4 Å². The van der Waals surface area contributed by atoms with Crippen molar-refractivity contribution in [1.29, 1.82) is 0 Å². The van der Waals surface area contributed by atoms with Gasteiger partial charge in [0.2, 0.25) is 5.91 Å². The Morgan fingerprint density at radius 2 is 1.83 bits per heavy atom. The molecule has 4 nitrogen and oxygen atoms in total. The zero-order chi connectivity index (χ0) is 13.1. The molecular weight excluding hydrogens is 228 g/mol. The van der Waals surface area contributed by atoms with Crippen LogP contribution < -0.4 is 5.32 Å². The van der Waals surface area contributed by atoms with E-state index >= 15 is 0 Å². The fourth-order valence-electron chi connectivity index (χ4n) is 3.44. The number of carbonyl (C=O) groups excluding carboxylic acids is 1. The van der Waals surface area contributed by atoms with Crippen LogP contribution in [0, 0.1) is 0 Å². The lowest BCUT2D eigenvalue weighted by Crippen LogP contribution is -2.50. The molecule has 2 aliphatic rings. The molecule has 104 valence electrons. The average molecular weight is 254 g/mol. The van der Waals surface area contributed by atoms with Gasteiger partial charge in [0.05, 0.1) is 12.6 Å². The first kappa shape index (κ1) is 13.8. The predicted molar refractivity (Wildman–Crippen MR) is 71.3 cm³/mol. The highest BCUT2D eigenvalue weighted by Crippen LogP contribution is 2.35. The molecule has 2 atom stereocenters. The number of aliphatic hydroxyl groups is 1. The van der Waals surface area contributed by atoms with Crippen LogP contribution in [0.25, 0.3) is 0 Å². The van der Waals surface area contributed by atoms with Crippen LogP contribution in [0.5, 0.6) is 0 Å². The first-order chi connectivity index (χ1) is 8.63. The summed E-state index contributed by atoms with van der Waals surface area (Å²) in [6.07, 6.45) is 5.80. The van der Waals surface area contributed by atoms with Gasteiger partial charge >= 0.3 is 0 Å². The van der Waals surface area contributed by atoms with E-state index in [1.54, 1.807) is 0 Å². The maximum absolute atomic E-state index is 12.0. The number of nitrogens with one attached hydrogen (secondary N) is 1. The topological polar surface area (TPSA) is 52.6 Å². The van der Waals surface area contributed by atoms with Crippen LogP contribution in [-0.2, 0) is 4.79 Å². The zero-order valence-electron chi connectivity index (χ0n) is 11.6. The monoisotopic (exact) mass is 254 g/mol. The van der Waals surface area contributed by atoms with E-state index in [4.69, 9.17) is 0 Å². The van der Waals surface area contributed by atoms with Crippen molar-refractivity contribution in [3.05, 3.63) is 0 Å². The molecule has 2 unspecified atom stereocenters. The van der Waals surface area contributed by atoms with Crippen LogP contribution in [0.3, 0.4) is 0 Å². The third-order valence-electron chi connectivity index (χ3n) is 4.54. The Hall–Kier alpha value is -0.610. The number of piperidine rings is 1. The third kappa shape index (κ3) is 3.04. The van der Waals surface area contributed by atoms with E-state index in [-0.39, 0.29) is 12.0 Å². The lowest BCUT2D eigenvalue weighted by atomic mass is 10.00. The van der Waals surface area contributed by atoms with Crippen LogP contribution in [0.2, 0.25) is 0 Å². The molecule has 0 spiro atoms. The summed E-state index contributed by atoms with van der Waals surface area (Å²) >= 11 is 0. The summed E-state index contributed by atoms with van der Waals surface area (Å²) in [6.45, 7) is 4.73. The molecule has 2 fully saturated rings. The number of nitrogens with zero attached hydrogens (tertiary/aromatic N) is 1. The van der Waals surface area contributed by atoms with Gasteiger partial charge in [-0.25, -0.2) is 0 Å². The molecule has 1 amide bonds. The highest BCUT2D eigenvalue weighted by molar-refractivity contribution is 5.78. The van der Waals surface area contributed by atoms with E-state index in [2.05, 4.69) is 24.1 Å². The standard InChI is InChI=1S/C14H26N2O2/c1-3-10(4-2)15-14(18)9-16-11-5-6-12(16)8-13(17)7-11/h10-13,17H,3-9H2,1-2H3,(H,15,18). The van der Waals surface area contributed by atoms with Crippen molar-refractivity contribution in [1.82, 2.24) is 10.2 Å². The summed E-state index contributed by atoms with van der Waals surface area (Å²) in [5, 5.41) is 12.8. The highest BCUT2D eigenvalue weighted by Gasteiger charge is 2.40. The minimum atomic E-state index is -0.152. The Labute approximate surface area is 110 Å². The summed E-state index contributed by atoms with van der Waals surface area (Å²) in [4.78, 5) is 14.3. The molecule has 4 heteroatoms. The highest BCUT2D eigenvalue weighted by atomic mass is 16.3. The van der Waals surface area contributed by atoms with E-state index in [0.717, 1.165) is 38.5 Å². The molecule has 0 aliphatic carbocycles. The van der Waals surface area contributed by atoms with E-state index in [1.807, 2.05) is 0 Å². The van der Waals surface area contributed by atoms with E-state index in [9.17, 15) is 9.90 Å². The number of carbonyl (C=O) groups is 1. The van der Waals surface area contributed by atoms with Crippen molar-refractivity contribution in [3.8, 4) is 0 Å². The van der Waals surface area contributed by atoms with Gasteiger partial charge in [-0.05, 0) is 38.5 Å². The Morgan fingerprint density at radius 1 is 1.28 bits per heavy atom. The van der Waals surface area contributed by atoms with Crippen molar-refractivity contribution >= 4 is 5.91 Å². The summed E-state index contributed by atoms with van der Waals surface area (Å²) < 4.78 is 0. The zero-order valence-corrected chi connectivity index (χ0v) is 11.6. The minimum Gasteiger partial charge on any atom is -0.393 e. The summed E-state index contributed by atoms with van der Waals surface area (Å²) in [6, 6.07) is 1.16. The number of rotatable bonds is 5. The van der Waals surface area contributed by atoms with Gasteiger partial charge in [0.1, 0.15) is 0 Å². The van der Waals surface area contributed by atoms with Gasteiger partial charge in [0.15, 0.2) is 0 Å². The van der Waals surface area contributed by atoms with Crippen LogP contribution in [-0.4, -0.2) is 46.7 Å². The van der Waals surface area contributed by atoms with Gasteiger partial charge in [-0.2, -0.15) is 0 Å². The predicted octanol–water partition coefficient (Wildman–Crippen LogP) is 1.28. The van der Waals surface area contributed by atoms with Crippen LogP contribution in [0.15, 0.2) is 0 Å². The SMILES string of the molecule is CCC(CC)NC(=O)CN1C2CCC1CC(O)C2. The third-order valence-corrected chi connectivity index (χ3v) is 4.54. The molecule has 2 rings (SSSR count). The van der Waals surface area contributed by atoms with Crippen molar-refractivity contribution in [2.45, 2.75) is 76.6 Å². The molecule has 2 bridgehead atoms. The normalized spacial score (nSPS) is 31.9. The Kier molecular flexibility index (Phi) is 4.62. The number of fused-ring (bicyclic) bond motifs is 2. The summed E-state index contributed by atoms with van der Waals surface area (Å²) in [5.74, 6) is 0.150. The fraction of sp³-hybridized carbons (Fsp3) is 0.929. The molecule has 0 aromatic carbocycles. The van der Waals surface area contributed by atoms with Crippen molar-refractivity contribution in [2.75, 3.05) is 6.54 Å². The summed E-state index contributed by atoms with van der Waals surface area (Å²) in [5.41, 5.74) is 0. The molecule has 0 radical (unpaired) electrons. The molecular formula is C14H26N2O2. The number of hydrogen-bond donors (Lipinski definition) is 2. The van der Waals surface area contributed by atoms with E-state index in [0.29, 0.717) is 24.7 Å². The molecule has 2 aliphatic heterocycles. The molecule has 2 N–H and O–H groups in total. The van der Waals surface area contributed by atoms with Crippen molar-refractivity contribution in [3.63, 3.8) is 0 Å². The second kappa shape index (κ2) is 6.02. The lowest BCUT2D eigenvalue weighted by Gasteiger charge is -2.36. The van der Waals surface area contributed by atoms with Gasteiger partial charge in [0.25, 0.3) is 0 Å². The van der Waals surface area contributed by atoms with Gasteiger partial charge in [0, 0.05) is 18.1 Å². The molecule has 2 heterocycles. The van der Waals surface area contributed by atoms with Gasteiger partial charge in [-0.1, -0.05) is 13.8 Å². The first-order valence-corrected chi connectivity index (χ1v) is 7.37. The van der Waals surface area contributed by atoms with Crippen molar-refractivity contribution in [2.24, 2.45) is 0 Å². The van der Waals surface area contributed by atoms with Crippen LogP contribution >= 0.6 is 0 Å². The lowest BCUT2D eigenvalue weighted by molar-refractivity contribution is -0.124. The first-order valence-electron chi connectivity index (χ1n) is 7.37. The number of hydrogen-bond acceptors (Lipinski definition) is 3. The van der Waals surface area contributed by atoms with Crippen molar-refractivity contribution < 1.29 is 9.90 Å². The molecule has 0 aromatic heterocycles. The van der Waals surface area contributed by atoms with Gasteiger partial charge in [-0.15, -0.1) is 0 Å². The Morgan fingerprint density at radius 3 is 2.33 bits per heavy atom. The maximum atomic E-state index is 12.0. The minimum absolute atomic E-state index is 0.150. The Bertz CT molecular complexity index is 278. The fourth-order valence-corrected chi connectivity index (χ4v) is 3.44. The van der Waals surface area contributed by atoms with E-state index in [1.165, 1.54) is 0 Å². The van der Waals surface area contributed by atoms with E-state index < -0.39 is 0 Å². The smallest absolute Gasteiger partial charge is 0.234 e. The molecule has 0 aromatic rings. The second-order valence-electron chi connectivity index (χ2n) is 5.76. The Balaban J connectivity index is 1.85. The molecule has 18 heavy (non-hydrogen) atoms. The number of aliphatic hydroxyl groups excluding tert-OH is 1. The maximum Gasteiger partial charge on any atom is 0.234 e. The molecule has 0 saturated carbocycles. The largest absolute Gasteiger partial charge is 0.393 e. The molecule has 2 saturated heterocycles. The van der Waals surface area contributed by atoms with Gasteiger partial charge in [-0.3, -0.25) is 9.69 Å². The van der Waals surface area contributed by atoms with Gasteiger partial charge < -0.3 is 10.4 Å². The average Bonchev–Trinajstić information content (AvgIpc) is 2.59.